The van der Waals surface area contributed by atoms with Gasteiger partial charge in [-0.2, -0.15) is 0 Å². The zero-order valence-corrected chi connectivity index (χ0v) is 19.7. The van der Waals surface area contributed by atoms with Gasteiger partial charge < -0.3 is 15.5 Å². The smallest absolute Gasteiger partial charge is 0.243 e. The van der Waals surface area contributed by atoms with Crippen LogP contribution in [0.2, 0.25) is 0 Å². The summed E-state index contributed by atoms with van der Waals surface area (Å²) in [4.78, 5) is 27.8. The molecule has 4 saturated carbocycles. The van der Waals surface area contributed by atoms with Gasteiger partial charge in [0.25, 0.3) is 0 Å². The Bertz CT molecular complexity index is 764. The van der Waals surface area contributed by atoms with Gasteiger partial charge in [-0.1, -0.05) is 38.1 Å². The average molecular weight is 427 g/mol. The number of hydrogen-bond acceptors (Lipinski definition) is 2. The molecule has 5 heteroatoms. The number of nitrogens with one attached hydrogen (secondary N) is 3. The molecule has 4 bridgehead atoms. The van der Waals surface area contributed by atoms with E-state index in [2.05, 4.69) is 49.0 Å². The highest BCUT2D eigenvalue weighted by Crippen LogP contribution is 2.60. The van der Waals surface area contributed by atoms with Crippen molar-refractivity contribution in [3.63, 3.8) is 0 Å². The number of quaternary nitrogens is 1. The van der Waals surface area contributed by atoms with Crippen molar-refractivity contribution < 1.29 is 14.5 Å². The second kappa shape index (κ2) is 8.93. The van der Waals surface area contributed by atoms with E-state index in [0.29, 0.717) is 6.54 Å². The Labute approximate surface area is 187 Å². The van der Waals surface area contributed by atoms with Crippen molar-refractivity contribution in [3.05, 3.63) is 35.4 Å². The predicted octanol–water partition coefficient (Wildman–Crippen LogP) is 2.30. The first-order valence-electron chi connectivity index (χ1n) is 12.2. The number of benzene rings is 1. The van der Waals surface area contributed by atoms with Gasteiger partial charge in [0, 0.05) is 17.5 Å². The van der Waals surface area contributed by atoms with Crippen molar-refractivity contribution >= 4 is 11.8 Å². The van der Waals surface area contributed by atoms with E-state index in [-0.39, 0.29) is 23.1 Å². The molecule has 1 aromatic carbocycles. The minimum absolute atomic E-state index is 0.0586. The molecule has 0 spiro atoms. The van der Waals surface area contributed by atoms with E-state index in [4.69, 9.17) is 0 Å². The van der Waals surface area contributed by atoms with Crippen molar-refractivity contribution in [2.75, 3.05) is 14.1 Å². The molecule has 0 heterocycles. The second-order valence-corrected chi connectivity index (χ2v) is 11.3. The number of carbonyl (C=O) groups excluding carboxylic acids is 2. The van der Waals surface area contributed by atoms with Crippen molar-refractivity contribution in [1.82, 2.24) is 10.6 Å². The summed E-state index contributed by atoms with van der Waals surface area (Å²) in [6.45, 7) is 5.51. The maximum atomic E-state index is 13.4. The molecule has 1 aromatic rings. The Kier molecular flexibility index (Phi) is 6.43. The molecule has 0 saturated heterocycles. The summed E-state index contributed by atoms with van der Waals surface area (Å²) in [5, 5.41) is 6.25. The SMILES string of the molecule is CC(C)[C@H](NC(=O)C12CC3CC(CC(C3)C1)C2)C(=O)NCc1ccc(C[NH+](C)C)cc1. The van der Waals surface area contributed by atoms with Crippen LogP contribution < -0.4 is 15.5 Å². The Morgan fingerprint density at radius 3 is 1.97 bits per heavy atom. The van der Waals surface area contributed by atoms with E-state index in [1.807, 2.05) is 13.8 Å². The van der Waals surface area contributed by atoms with Gasteiger partial charge in [0.2, 0.25) is 11.8 Å². The number of amides is 2. The molecule has 4 aliphatic carbocycles. The largest absolute Gasteiger partial charge is 0.350 e. The van der Waals surface area contributed by atoms with Crippen LogP contribution in [0.4, 0.5) is 0 Å². The average Bonchev–Trinajstić information content (AvgIpc) is 2.69. The minimum atomic E-state index is -0.475. The van der Waals surface area contributed by atoms with E-state index < -0.39 is 6.04 Å². The monoisotopic (exact) mass is 426 g/mol. The fraction of sp³-hybridized carbons (Fsp3) is 0.692. The van der Waals surface area contributed by atoms with E-state index in [9.17, 15) is 9.59 Å². The molecule has 5 nitrogen and oxygen atoms in total. The topological polar surface area (TPSA) is 62.6 Å². The lowest BCUT2D eigenvalue weighted by Gasteiger charge is -2.55. The first-order valence-corrected chi connectivity index (χ1v) is 12.2. The van der Waals surface area contributed by atoms with Gasteiger partial charge in [-0.3, -0.25) is 9.59 Å². The van der Waals surface area contributed by atoms with Gasteiger partial charge in [0.1, 0.15) is 12.6 Å². The van der Waals surface area contributed by atoms with Crippen LogP contribution in [0.25, 0.3) is 0 Å². The van der Waals surface area contributed by atoms with Crippen molar-refractivity contribution in [1.29, 1.82) is 0 Å². The zero-order valence-electron chi connectivity index (χ0n) is 19.7. The molecule has 1 atom stereocenters. The molecule has 4 aliphatic rings. The third-order valence-corrected chi connectivity index (χ3v) is 7.80. The van der Waals surface area contributed by atoms with Crippen LogP contribution in [0, 0.1) is 29.1 Å². The first kappa shape index (κ1) is 22.3. The van der Waals surface area contributed by atoms with Crippen molar-refractivity contribution in [2.45, 2.75) is 71.5 Å². The van der Waals surface area contributed by atoms with Gasteiger partial charge in [-0.15, -0.1) is 0 Å². The highest BCUT2D eigenvalue weighted by molar-refractivity contribution is 5.90. The Balaban J connectivity index is 1.35. The summed E-state index contributed by atoms with van der Waals surface area (Å²) in [6, 6.07) is 7.94. The van der Waals surface area contributed by atoms with Crippen molar-refractivity contribution in [3.8, 4) is 0 Å². The summed E-state index contributed by atoms with van der Waals surface area (Å²) in [7, 11) is 4.27. The van der Waals surface area contributed by atoms with Gasteiger partial charge >= 0.3 is 0 Å². The summed E-state index contributed by atoms with van der Waals surface area (Å²) in [5.41, 5.74) is 2.16. The van der Waals surface area contributed by atoms with Gasteiger partial charge in [0.15, 0.2) is 0 Å². The Hall–Kier alpha value is -1.88. The third kappa shape index (κ3) is 4.97. The predicted molar refractivity (Wildman–Crippen MR) is 122 cm³/mol. The van der Waals surface area contributed by atoms with E-state index in [0.717, 1.165) is 49.1 Å². The standard InChI is InChI=1S/C26H39N3O2/c1-17(2)23(24(30)27-15-18-5-7-19(8-6-18)16-29(3)4)28-25(31)26-12-20-9-21(13-26)11-22(10-20)14-26/h5-8,17,20-23H,9-16H2,1-4H3,(H,27,30)(H,28,31)/p+1/t20?,21?,22?,23-,26?/m0/s1. The second-order valence-electron chi connectivity index (χ2n) is 11.3. The molecule has 0 radical (unpaired) electrons. The van der Waals surface area contributed by atoms with Crippen LogP contribution >= 0.6 is 0 Å². The summed E-state index contributed by atoms with van der Waals surface area (Å²) in [6.07, 6.45) is 7.02. The molecule has 0 unspecified atom stereocenters. The third-order valence-electron chi connectivity index (χ3n) is 7.80. The highest BCUT2D eigenvalue weighted by Gasteiger charge is 2.55. The normalized spacial score (nSPS) is 29.9. The van der Waals surface area contributed by atoms with Gasteiger partial charge in [0.05, 0.1) is 14.1 Å². The summed E-state index contributed by atoms with van der Waals surface area (Å²) >= 11 is 0. The van der Waals surface area contributed by atoms with Crippen molar-refractivity contribution in [2.24, 2.45) is 29.1 Å². The van der Waals surface area contributed by atoms with Gasteiger partial charge in [-0.05, 0) is 67.8 Å². The fourth-order valence-corrected chi connectivity index (χ4v) is 6.70. The van der Waals surface area contributed by atoms with Crippen LogP contribution in [0.1, 0.15) is 63.5 Å². The zero-order chi connectivity index (χ0) is 22.2. The number of rotatable bonds is 8. The van der Waals surface area contributed by atoms with E-state index >= 15 is 0 Å². The van der Waals surface area contributed by atoms with Crippen LogP contribution in [0.5, 0.6) is 0 Å². The molecule has 5 rings (SSSR count). The Morgan fingerprint density at radius 2 is 1.48 bits per heavy atom. The molecule has 170 valence electrons. The van der Waals surface area contributed by atoms with E-state index in [1.165, 1.54) is 29.7 Å². The highest BCUT2D eigenvalue weighted by atomic mass is 16.2. The molecular weight excluding hydrogens is 386 g/mol. The molecule has 31 heavy (non-hydrogen) atoms. The number of hydrogen-bond donors (Lipinski definition) is 3. The van der Waals surface area contributed by atoms with Crippen LogP contribution in [-0.4, -0.2) is 32.0 Å². The molecule has 2 amide bonds. The fourth-order valence-electron chi connectivity index (χ4n) is 6.70. The maximum absolute atomic E-state index is 13.4. The Morgan fingerprint density at radius 1 is 0.968 bits per heavy atom. The lowest BCUT2D eigenvalue weighted by Crippen LogP contribution is -3.04. The quantitative estimate of drug-likeness (QED) is 0.597. The number of carbonyl (C=O) groups is 2. The maximum Gasteiger partial charge on any atom is 0.243 e. The van der Waals surface area contributed by atoms with E-state index in [1.54, 1.807) is 0 Å². The van der Waals surface area contributed by atoms with Gasteiger partial charge in [-0.25, -0.2) is 0 Å². The summed E-state index contributed by atoms with van der Waals surface area (Å²) in [5.74, 6) is 2.29. The molecule has 0 aromatic heterocycles. The lowest BCUT2D eigenvalue weighted by atomic mass is 9.49. The van der Waals surface area contributed by atoms with Crippen LogP contribution in [0.3, 0.4) is 0 Å². The summed E-state index contributed by atoms with van der Waals surface area (Å²) < 4.78 is 0. The molecule has 4 fully saturated rings. The molecule has 0 aliphatic heterocycles. The van der Waals surface area contributed by atoms with Crippen LogP contribution in [0.15, 0.2) is 24.3 Å². The first-order chi connectivity index (χ1) is 14.7. The minimum Gasteiger partial charge on any atom is -0.350 e. The van der Waals surface area contributed by atoms with Crippen LogP contribution in [-0.2, 0) is 22.7 Å². The lowest BCUT2D eigenvalue weighted by molar-refractivity contribution is -0.872. The molecular formula is C26H40N3O2+. The molecule has 3 N–H and O–H groups in total.